The van der Waals surface area contributed by atoms with Crippen LogP contribution in [0.2, 0.25) is 0 Å². The Morgan fingerprint density at radius 2 is 1.65 bits per heavy atom. The first kappa shape index (κ1) is 20.5. The van der Waals surface area contributed by atoms with Crippen molar-refractivity contribution in [2.75, 3.05) is 13.7 Å². The number of nitrogens with two attached hydrogens (primary N) is 1. The molecule has 0 unspecified atom stereocenters. The average molecular weight is 352 g/mol. The highest BCUT2D eigenvalue weighted by Gasteiger charge is 2.22. The summed E-state index contributed by atoms with van der Waals surface area (Å²) in [5.41, 5.74) is 9.60. The van der Waals surface area contributed by atoms with Gasteiger partial charge in [-0.2, -0.15) is 0 Å². The van der Waals surface area contributed by atoms with E-state index in [2.05, 4.69) is 81.1 Å². The Balaban J connectivity index is 2.39. The molecular weight excluding hydrogens is 319 g/mol. The first-order valence-corrected chi connectivity index (χ1v) is 9.65. The summed E-state index contributed by atoms with van der Waals surface area (Å²) in [4.78, 5) is 2.55. The standard InChI is InChI=1S/C22H33BN2O/c1-16(2)25(17(3)4)14-13-20(18-9-7-6-8-10-18)21-15-19(23-24)11-12-22(21)26-5/h6-12,15-17,20,23H,13-14,24H2,1-5H3/t20-/m1/s1. The van der Waals surface area contributed by atoms with E-state index in [1.165, 1.54) is 11.1 Å². The summed E-state index contributed by atoms with van der Waals surface area (Å²) in [6.07, 6.45) is 1.05. The van der Waals surface area contributed by atoms with Crippen LogP contribution in [0.1, 0.15) is 51.2 Å². The van der Waals surface area contributed by atoms with E-state index < -0.39 is 0 Å². The van der Waals surface area contributed by atoms with E-state index in [-0.39, 0.29) is 5.92 Å². The first-order chi connectivity index (χ1) is 12.5. The second kappa shape index (κ2) is 9.79. The summed E-state index contributed by atoms with van der Waals surface area (Å²) in [7, 11) is 2.29. The van der Waals surface area contributed by atoms with Crippen molar-refractivity contribution in [2.45, 2.75) is 52.1 Å². The Bertz CT molecular complexity index is 665. The normalized spacial score (nSPS) is 12.7. The summed E-state index contributed by atoms with van der Waals surface area (Å²) < 4.78 is 5.69. The molecule has 2 aromatic carbocycles. The van der Waals surface area contributed by atoms with Crippen LogP contribution < -0.4 is 15.8 Å². The maximum Gasteiger partial charge on any atom is 0.233 e. The maximum absolute atomic E-state index is 5.90. The molecule has 26 heavy (non-hydrogen) atoms. The molecule has 0 amide bonds. The smallest absolute Gasteiger partial charge is 0.233 e. The van der Waals surface area contributed by atoms with E-state index in [4.69, 9.17) is 10.4 Å². The summed E-state index contributed by atoms with van der Waals surface area (Å²) in [6.45, 7) is 10.1. The first-order valence-electron chi connectivity index (χ1n) is 9.65. The minimum Gasteiger partial charge on any atom is -0.496 e. The number of nitrogens with zero attached hydrogens (tertiary/aromatic N) is 1. The second-order valence-electron chi connectivity index (χ2n) is 7.46. The van der Waals surface area contributed by atoms with Crippen LogP contribution in [0.4, 0.5) is 0 Å². The Labute approximate surface area is 159 Å². The third kappa shape index (κ3) is 5.12. The van der Waals surface area contributed by atoms with Gasteiger partial charge in [0.1, 0.15) is 5.75 Å². The van der Waals surface area contributed by atoms with Gasteiger partial charge in [-0.25, -0.2) is 0 Å². The molecule has 0 saturated carbocycles. The van der Waals surface area contributed by atoms with Gasteiger partial charge in [-0.3, -0.25) is 4.90 Å². The van der Waals surface area contributed by atoms with Crippen molar-refractivity contribution in [3.05, 3.63) is 59.7 Å². The van der Waals surface area contributed by atoms with E-state index in [1.54, 1.807) is 7.11 Å². The molecule has 0 aliphatic rings. The van der Waals surface area contributed by atoms with Crippen LogP contribution in [0, 0.1) is 0 Å². The highest BCUT2D eigenvalue weighted by atomic mass is 16.5. The van der Waals surface area contributed by atoms with E-state index in [0.29, 0.717) is 19.5 Å². The molecule has 0 aromatic heterocycles. The number of ether oxygens (including phenoxy) is 1. The van der Waals surface area contributed by atoms with Crippen LogP contribution in [0.3, 0.4) is 0 Å². The molecule has 2 N–H and O–H groups in total. The third-order valence-corrected chi connectivity index (χ3v) is 5.11. The van der Waals surface area contributed by atoms with Crippen molar-refractivity contribution in [1.82, 2.24) is 4.90 Å². The fourth-order valence-electron chi connectivity index (χ4n) is 3.76. The minimum atomic E-state index is 0.289. The van der Waals surface area contributed by atoms with Crippen molar-refractivity contribution < 1.29 is 4.74 Å². The second-order valence-corrected chi connectivity index (χ2v) is 7.46. The van der Waals surface area contributed by atoms with Crippen molar-refractivity contribution in [1.29, 1.82) is 0 Å². The fourth-order valence-corrected chi connectivity index (χ4v) is 3.76. The van der Waals surface area contributed by atoms with Gasteiger partial charge in [0.25, 0.3) is 0 Å². The lowest BCUT2D eigenvalue weighted by molar-refractivity contribution is 0.170. The fraction of sp³-hybridized carbons (Fsp3) is 0.455. The third-order valence-electron chi connectivity index (χ3n) is 5.11. The molecule has 4 heteroatoms. The van der Waals surface area contributed by atoms with Crippen LogP contribution in [0.5, 0.6) is 5.75 Å². The Kier molecular flexibility index (Phi) is 7.74. The number of methoxy groups -OCH3 is 1. The van der Waals surface area contributed by atoms with Gasteiger partial charge in [-0.15, -0.1) is 0 Å². The van der Waals surface area contributed by atoms with E-state index in [0.717, 1.165) is 24.2 Å². The molecular formula is C22H33BN2O. The van der Waals surface area contributed by atoms with Crippen LogP contribution in [0.15, 0.2) is 48.5 Å². The number of rotatable bonds is 9. The van der Waals surface area contributed by atoms with Gasteiger partial charge in [0.2, 0.25) is 7.41 Å². The van der Waals surface area contributed by atoms with Crippen LogP contribution >= 0.6 is 0 Å². The summed E-state index contributed by atoms with van der Waals surface area (Å²) in [5.74, 6) is 1.23. The molecule has 0 fully saturated rings. The Morgan fingerprint density at radius 3 is 2.19 bits per heavy atom. The molecule has 2 rings (SSSR count). The summed E-state index contributed by atoms with van der Waals surface area (Å²) in [5, 5.41) is 0. The van der Waals surface area contributed by atoms with Crippen molar-refractivity contribution >= 4 is 12.9 Å². The topological polar surface area (TPSA) is 38.5 Å². The lowest BCUT2D eigenvalue weighted by atomic mass is 9.79. The van der Waals surface area contributed by atoms with Gasteiger partial charge < -0.3 is 10.4 Å². The molecule has 1 atom stereocenters. The SMILES string of the molecule is COc1ccc(BN)cc1[C@H](CCN(C(C)C)C(C)C)c1ccccc1. The van der Waals surface area contributed by atoms with Crippen molar-refractivity contribution in [2.24, 2.45) is 5.64 Å². The lowest BCUT2D eigenvalue weighted by Crippen LogP contribution is -2.38. The van der Waals surface area contributed by atoms with Gasteiger partial charge in [-0.1, -0.05) is 47.9 Å². The number of hydrogen-bond donors (Lipinski definition) is 1. The van der Waals surface area contributed by atoms with Crippen molar-refractivity contribution in [3.63, 3.8) is 0 Å². The molecule has 0 saturated heterocycles. The Hall–Kier alpha value is -1.78. The monoisotopic (exact) mass is 352 g/mol. The molecule has 0 heterocycles. The number of hydrogen-bond acceptors (Lipinski definition) is 3. The quantitative estimate of drug-likeness (QED) is 0.704. The highest BCUT2D eigenvalue weighted by molar-refractivity contribution is 6.50. The zero-order valence-electron chi connectivity index (χ0n) is 16.9. The van der Waals surface area contributed by atoms with Gasteiger partial charge in [0.05, 0.1) is 7.11 Å². The van der Waals surface area contributed by atoms with Crippen LogP contribution in [-0.2, 0) is 0 Å². The number of benzene rings is 2. The molecule has 0 bridgehead atoms. The van der Waals surface area contributed by atoms with E-state index in [1.807, 2.05) is 0 Å². The van der Waals surface area contributed by atoms with Crippen LogP contribution in [-0.4, -0.2) is 38.1 Å². The summed E-state index contributed by atoms with van der Waals surface area (Å²) in [6, 6.07) is 18.1. The summed E-state index contributed by atoms with van der Waals surface area (Å²) >= 11 is 0. The molecule has 0 aliphatic heterocycles. The van der Waals surface area contributed by atoms with Crippen LogP contribution in [0.25, 0.3) is 0 Å². The lowest BCUT2D eigenvalue weighted by Gasteiger charge is -2.32. The predicted molar refractivity (Wildman–Crippen MR) is 114 cm³/mol. The van der Waals surface area contributed by atoms with E-state index in [9.17, 15) is 0 Å². The zero-order valence-corrected chi connectivity index (χ0v) is 16.9. The predicted octanol–water partition coefficient (Wildman–Crippen LogP) is 3.27. The molecule has 140 valence electrons. The molecule has 2 aromatic rings. The highest BCUT2D eigenvalue weighted by Crippen LogP contribution is 2.34. The van der Waals surface area contributed by atoms with Gasteiger partial charge in [0.15, 0.2) is 0 Å². The van der Waals surface area contributed by atoms with Gasteiger partial charge in [-0.05, 0) is 52.3 Å². The van der Waals surface area contributed by atoms with Gasteiger partial charge >= 0.3 is 0 Å². The van der Waals surface area contributed by atoms with E-state index >= 15 is 0 Å². The minimum absolute atomic E-state index is 0.289. The molecule has 0 spiro atoms. The maximum atomic E-state index is 5.90. The molecule has 3 nitrogen and oxygen atoms in total. The average Bonchev–Trinajstić information content (AvgIpc) is 2.64. The Morgan fingerprint density at radius 1 is 1.00 bits per heavy atom. The van der Waals surface area contributed by atoms with Crippen molar-refractivity contribution in [3.8, 4) is 5.75 Å². The largest absolute Gasteiger partial charge is 0.496 e. The zero-order chi connectivity index (χ0) is 19.1. The molecule has 0 aliphatic carbocycles. The van der Waals surface area contributed by atoms with Gasteiger partial charge in [0, 0.05) is 23.6 Å². The molecule has 0 radical (unpaired) electrons.